The van der Waals surface area contributed by atoms with Crippen LogP contribution >= 0.6 is 23.1 Å². The van der Waals surface area contributed by atoms with E-state index in [1.165, 1.54) is 22.9 Å². The van der Waals surface area contributed by atoms with Gasteiger partial charge in [-0.2, -0.15) is 0 Å². The van der Waals surface area contributed by atoms with Crippen molar-refractivity contribution >= 4 is 29.0 Å². The van der Waals surface area contributed by atoms with Crippen molar-refractivity contribution in [3.8, 4) is 0 Å². The number of carbonyl (C=O) groups excluding carboxylic acids is 1. The Morgan fingerprint density at radius 1 is 1.26 bits per heavy atom. The number of pyridine rings is 1. The van der Waals surface area contributed by atoms with Gasteiger partial charge < -0.3 is 4.90 Å². The quantitative estimate of drug-likeness (QED) is 0.578. The van der Waals surface area contributed by atoms with Gasteiger partial charge in [-0.05, 0) is 44.0 Å². The molecule has 1 amide bonds. The lowest BCUT2D eigenvalue weighted by Gasteiger charge is -2.17. The van der Waals surface area contributed by atoms with E-state index in [-0.39, 0.29) is 5.91 Å². The third kappa shape index (κ3) is 4.76. The molecule has 2 heterocycles. The smallest absolute Gasteiger partial charge is 0.256 e. The fourth-order valence-electron chi connectivity index (χ4n) is 2.76. The molecule has 0 aliphatic carbocycles. The summed E-state index contributed by atoms with van der Waals surface area (Å²) in [5.41, 5.74) is 3.96. The summed E-state index contributed by atoms with van der Waals surface area (Å²) in [5.74, 6) is -0.0404. The van der Waals surface area contributed by atoms with Crippen LogP contribution in [-0.2, 0) is 13.0 Å². The summed E-state index contributed by atoms with van der Waals surface area (Å²) in [6.07, 6.45) is 2.65. The largest absolute Gasteiger partial charge is 0.336 e. The summed E-state index contributed by atoms with van der Waals surface area (Å²) in [7, 11) is 1.81. The molecule has 0 atom stereocenters. The molecule has 0 aliphatic rings. The third-order valence-electron chi connectivity index (χ3n) is 4.19. The van der Waals surface area contributed by atoms with Gasteiger partial charge in [-0.3, -0.25) is 4.79 Å². The van der Waals surface area contributed by atoms with Crippen molar-refractivity contribution < 1.29 is 4.79 Å². The summed E-state index contributed by atoms with van der Waals surface area (Å²) in [6, 6.07) is 9.97. The maximum absolute atomic E-state index is 13.0. The molecule has 0 radical (unpaired) electrons. The van der Waals surface area contributed by atoms with E-state index in [4.69, 9.17) is 0 Å². The molecule has 0 saturated carbocycles. The third-order valence-corrected chi connectivity index (χ3v) is 6.42. The van der Waals surface area contributed by atoms with Gasteiger partial charge in [0.25, 0.3) is 5.91 Å². The Kier molecular flexibility index (Phi) is 6.29. The molecule has 6 heteroatoms. The maximum Gasteiger partial charge on any atom is 0.256 e. The Morgan fingerprint density at radius 3 is 2.78 bits per heavy atom. The molecule has 27 heavy (non-hydrogen) atoms. The van der Waals surface area contributed by atoms with E-state index in [1.54, 1.807) is 22.4 Å². The number of benzene rings is 1. The number of hydrogen-bond donors (Lipinski definition) is 0. The monoisotopic (exact) mass is 397 g/mol. The van der Waals surface area contributed by atoms with Gasteiger partial charge in [-0.15, -0.1) is 11.3 Å². The van der Waals surface area contributed by atoms with Crippen molar-refractivity contribution in [3.63, 3.8) is 0 Å². The molecular weight excluding hydrogens is 374 g/mol. The number of rotatable bonds is 6. The molecule has 140 valence electrons. The first kappa shape index (κ1) is 19.6. The predicted molar refractivity (Wildman–Crippen MR) is 112 cm³/mol. The first-order valence-corrected chi connectivity index (χ1v) is 10.6. The van der Waals surface area contributed by atoms with Crippen LogP contribution in [0, 0.1) is 13.8 Å². The number of aryl methyl sites for hydroxylation is 3. The van der Waals surface area contributed by atoms with Crippen LogP contribution in [0.4, 0.5) is 0 Å². The van der Waals surface area contributed by atoms with Gasteiger partial charge in [-0.25, -0.2) is 9.97 Å². The van der Waals surface area contributed by atoms with E-state index < -0.39 is 0 Å². The van der Waals surface area contributed by atoms with Gasteiger partial charge in [0, 0.05) is 23.5 Å². The summed E-state index contributed by atoms with van der Waals surface area (Å²) in [6.45, 7) is 6.75. The van der Waals surface area contributed by atoms with Crippen molar-refractivity contribution in [2.75, 3.05) is 7.05 Å². The number of aromatic nitrogens is 2. The summed E-state index contributed by atoms with van der Waals surface area (Å²) in [4.78, 5) is 24.9. The van der Waals surface area contributed by atoms with Crippen LogP contribution in [0.1, 0.15) is 39.1 Å². The Bertz CT molecular complexity index is 952. The van der Waals surface area contributed by atoms with Crippen molar-refractivity contribution in [1.82, 2.24) is 14.9 Å². The van der Waals surface area contributed by atoms with Crippen LogP contribution in [0.3, 0.4) is 0 Å². The minimum Gasteiger partial charge on any atom is -0.336 e. The van der Waals surface area contributed by atoms with E-state index in [1.807, 2.05) is 24.6 Å². The molecule has 0 unspecified atom stereocenters. The Labute approximate surface area is 168 Å². The number of amides is 1. The van der Waals surface area contributed by atoms with E-state index in [0.29, 0.717) is 12.1 Å². The molecule has 0 bridgehead atoms. The fraction of sp³-hybridized carbons (Fsp3) is 0.286. The van der Waals surface area contributed by atoms with Crippen molar-refractivity contribution in [3.05, 3.63) is 69.3 Å². The Hall–Kier alpha value is -2.18. The van der Waals surface area contributed by atoms with E-state index in [0.717, 1.165) is 27.0 Å². The number of thiazole rings is 1. The molecule has 3 aromatic rings. The topological polar surface area (TPSA) is 46.1 Å². The first-order valence-electron chi connectivity index (χ1n) is 8.86. The molecule has 0 spiro atoms. The molecule has 2 aromatic heterocycles. The molecule has 3 rings (SSSR count). The number of nitrogens with zero attached hydrogens (tertiary/aromatic N) is 3. The Balaban J connectivity index is 1.80. The molecule has 0 fully saturated rings. The summed E-state index contributed by atoms with van der Waals surface area (Å²) < 4.78 is 0. The van der Waals surface area contributed by atoms with Crippen LogP contribution in [0.25, 0.3) is 0 Å². The zero-order valence-electron chi connectivity index (χ0n) is 16.0. The molecule has 1 aromatic carbocycles. The highest BCUT2D eigenvalue weighted by atomic mass is 32.2. The minimum absolute atomic E-state index is 0.0404. The Morgan fingerprint density at radius 2 is 2.07 bits per heavy atom. The van der Waals surface area contributed by atoms with Gasteiger partial charge in [0.05, 0.1) is 22.8 Å². The standard InChI is InChI=1S/C21H23N3OS2/c1-5-19-23-16(13-26-19)12-24(4)21(25)17-7-6-10-22-20(17)27-18-9-8-14(2)11-15(18)3/h6-11,13H,5,12H2,1-4H3. The van der Waals surface area contributed by atoms with Gasteiger partial charge in [0.1, 0.15) is 5.03 Å². The minimum atomic E-state index is -0.0404. The number of hydrogen-bond acceptors (Lipinski definition) is 5. The second-order valence-corrected chi connectivity index (χ2v) is 8.45. The molecule has 0 aliphatic heterocycles. The van der Waals surface area contributed by atoms with Crippen molar-refractivity contribution in [2.45, 2.75) is 43.7 Å². The van der Waals surface area contributed by atoms with E-state index >= 15 is 0 Å². The lowest BCUT2D eigenvalue weighted by Crippen LogP contribution is -2.27. The molecule has 4 nitrogen and oxygen atoms in total. The zero-order valence-corrected chi connectivity index (χ0v) is 17.7. The highest BCUT2D eigenvalue weighted by Gasteiger charge is 2.19. The lowest BCUT2D eigenvalue weighted by molar-refractivity contribution is 0.0779. The zero-order chi connectivity index (χ0) is 19.4. The first-order chi connectivity index (χ1) is 13.0. The summed E-state index contributed by atoms with van der Waals surface area (Å²) in [5, 5.41) is 3.85. The van der Waals surface area contributed by atoms with Crippen molar-refractivity contribution in [2.24, 2.45) is 0 Å². The van der Waals surface area contributed by atoms with Gasteiger partial charge in [0.2, 0.25) is 0 Å². The highest BCUT2D eigenvalue weighted by molar-refractivity contribution is 7.99. The SMILES string of the molecule is CCc1nc(CN(C)C(=O)c2cccnc2Sc2ccc(C)cc2C)cs1. The van der Waals surface area contributed by atoms with Gasteiger partial charge >= 0.3 is 0 Å². The van der Waals surface area contributed by atoms with Crippen LogP contribution in [0.5, 0.6) is 0 Å². The number of carbonyl (C=O) groups is 1. The molecule has 0 N–H and O–H groups in total. The van der Waals surface area contributed by atoms with E-state index in [2.05, 4.69) is 48.9 Å². The van der Waals surface area contributed by atoms with Crippen molar-refractivity contribution in [1.29, 1.82) is 0 Å². The van der Waals surface area contributed by atoms with Crippen LogP contribution < -0.4 is 0 Å². The predicted octanol–water partition coefficient (Wildman–Crippen LogP) is 5.14. The average Bonchev–Trinajstić information content (AvgIpc) is 3.11. The van der Waals surface area contributed by atoms with Crippen LogP contribution in [0.15, 0.2) is 51.8 Å². The average molecular weight is 398 g/mol. The second kappa shape index (κ2) is 8.67. The van der Waals surface area contributed by atoms with Crippen LogP contribution in [-0.4, -0.2) is 27.8 Å². The molecule has 0 saturated heterocycles. The van der Waals surface area contributed by atoms with Gasteiger partial charge in [0.15, 0.2) is 0 Å². The maximum atomic E-state index is 13.0. The second-order valence-electron chi connectivity index (χ2n) is 6.47. The van der Waals surface area contributed by atoms with Crippen LogP contribution in [0.2, 0.25) is 0 Å². The highest BCUT2D eigenvalue weighted by Crippen LogP contribution is 2.32. The van der Waals surface area contributed by atoms with E-state index in [9.17, 15) is 4.79 Å². The van der Waals surface area contributed by atoms with Gasteiger partial charge in [-0.1, -0.05) is 36.4 Å². The summed E-state index contributed by atoms with van der Waals surface area (Å²) >= 11 is 3.18. The lowest BCUT2D eigenvalue weighted by atomic mass is 10.2. The molecular formula is C21H23N3OS2. The normalized spacial score (nSPS) is 10.8. The fourth-order valence-corrected chi connectivity index (χ4v) is 4.44.